The third-order valence-corrected chi connectivity index (χ3v) is 3.75. The molecule has 0 saturated carbocycles. The van der Waals surface area contributed by atoms with Crippen molar-refractivity contribution in [3.8, 4) is 11.5 Å². The minimum atomic E-state index is -0.280. The van der Waals surface area contributed by atoms with Gasteiger partial charge in [-0.1, -0.05) is 41.4 Å². The van der Waals surface area contributed by atoms with E-state index in [0.29, 0.717) is 23.4 Å². The van der Waals surface area contributed by atoms with E-state index in [1.54, 1.807) is 0 Å². The first-order valence-electron chi connectivity index (χ1n) is 7.38. The summed E-state index contributed by atoms with van der Waals surface area (Å²) < 4.78 is 11.5. The second-order valence-corrected chi connectivity index (χ2v) is 5.83. The van der Waals surface area contributed by atoms with Gasteiger partial charge in [0.05, 0.1) is 6.61 Å². The zero-order valence-corrected chi connectivity index (χ0v) is 13.7. The van der Waals surface area contributed by atoms with Crippen LogP contribution in [0.25, 0.3) is 11.5 Å². The number of rotatable bonds is 5. The Morgan fingerprint density at radius 3 is 2.43 bits per heavy atom. The number of benzene rings is 2. The number of nitrogens with zero attached hydrogens (tertiary/aromatic N) is 2. The van der Waals surface area contributed by atoms with Crippen LogP contribution in [0.3, 0.4) is 0 Å². The average molecular weight is 329 g/mol. The molecule has 0 N–H and O–H groups in total. The molecule has 0 unspecified atom stereocenters. The lowest BCUT2D eigenvalue weighted by Gasteiger charge is -2.09. The fourth-order valence-electron chi connectivity index (χ4n) is 2.08. The van der Waals surface area contributed by atoms with Crippen molar-refractivity contribution < 1.29 is 9.15 Å². The molecule has 3 aromatic rings. The molecule has 0 saturated heterocycles. The maximum absolute atomic E-state index is 5.87. The summed E-state index contributed by atoms with van der Waals surface area (Å²) in [5, 5.41) is 8.88. The van der Waals surface area contributed by atoms with Gasteiger partial charge in [-0.3, -0.25) is 0 Å². The highest BCUT2D eigenvalue weighted by Gasteiger charge is 2.15. The maximum Gasteiger partial charge on any atom is 0.247 e. The minimum absolute atomic E-state index is 0.280. The van der Waals surface area contributed by atoms with Gasteiger partial charge in [0.25, 0.3) is 0 Å². The van der Waals surface area contributed by atoms with Gasteiger partial charge >= 0.3 is 0 Å². The molecule has 1 atom stereocenters. The Balaban J connectivity index is 1.65. The van der Waals surface area contributed by atoms with E-state index in [-0.39, 0.29) is 6.10 Å². The molecular formula is C18H17ClN2O2. The van der Waals surface area contributed by atoms with Crippen molar-refractivity contribution in [2.75, 3.05) is 0 Å². The summed E-state index contributed by atoms with van der Waals surface area (Å²) in [6.07, 6.45) is -0.280. The van der Waals surface area contributed by atoms with Crippen molar-refractivity contribution in [1.29, 1.82) is 0 Å². The lowest BCUT2D eigenvalue weighted by Crippen LogP contribution is -2.00. The summed E-state index contributed by atoms with van der Waals surface area (Å²) in [5.74, 6) is 0.969. The fourth-order valence-corrected chi connectivity index (χ4v) is 2.21. The molecule has 0 fully saturated rings. The average Bonchev–Trinajstić information content (AvgIpc) is 3.05. The summed E-state index contributed by atoms with van der Waals surface area (Å²) in [7, 11) is 0. The lowest BCUT2D eigenvalue weighted by molar-refractivity contribution is 0.0348. The molecule has 4 nitrogen and oxygen atoms in total. The van der Waals surface area contributed by atoms with Crippen molar-refractivity contribution >= 4 is 11.6 Å². The quantitative estimate of drug-likeness (QED) is 0.663. The highest BCUT2D eigenvalue weighted by Crippen LogP contribution is 2.23. The Morgan fingerprint density at radius 1 is 1.04 bits per heavy atom. The molecule has 1 aromatic heterocycles. The third-order valence-electron chi connectivity index (χ3n) is 3.50. The van der Waals surface area contributed by atoms with Crippen LogP contribution in [0.15, 0.2) is 52.9 Å². The van der Waals surface area contributed by atoms with Gasteiger partial charge in [-0.2, -0.15) is 0 Å². The Morgan fingerprint density at radius 2 is 1.74 bits per heavy atom. The van der Waals surface area contributed by atoms with E-state index in [9.17, 15) is 0 Å². The van der Waals surface area contributed by atoms with Crippen molar-refractivity contribution in [1.82, 2.24) is 10.2 Å². The molecule has 5 heteroatoms. The summed E-state index contributed by atoms with van der Waals surface area (Å²) in [4.78, 5) is 0. The Hall–Kier alpha value is -2.17. The molecule has 118 valence electrons. The maximum atomic E-state index is 5.87. The largest absolute Gasteiger partial charge is 0.418 e. The lowest BCUT2D eigenvalue weighted by atomic mass is 10.1. The van der Waals surface area contributed by atoms with E-state index < -0.39 is 0 Å². The number of aromatic nitrogens is 2. The molecule has 0 aliphatic carbocycles. The van der Waals surface area contributed by atoms with Gasteiger partial charge in [0.15, 0.2) is 0 Å². The van der Waals surface area contributed by atoms with Gasteiger partial charge in [-0.25, -0.2) is 0 Å². The van der Waals surface area contributed by atoms with Crippen LogP contribution in [-0.2, 0) is 11.3 Å². The topological polar surface area (TPSA) is 48.2 Å². The molecule has 0 bridgehead atoms. The second kappa shape index (κ2) is 6.94. The first-order chi connectivity index (χ1) is 11.1. The van der Waals surface area contributed by atoms with Gasteiger partial charge in [0.2, 0.25) is 11.8 Å². The van der Waals surface area contributed by atoms with E-state index >= 15 is 0 Å². The number of hydrogen-bond donors (Lipinski definition) is 0. The van der Waals surface area contributed by atoms with Crippen LogP contribution in [-0.4, -0.2) is 10.2 Å². The van der Waals surface area contributed by atoms with E-state index in [1.165, 1.54) is 5.56 Å². The number of ether oxygens (including phenoxy) is 1. The molecule has 23 heavy (non-hydrogen) atoms. The number of aryl methyl sites for hydroxylation is 1. The van der Waals surface area contributed by atoms with Gasteiger partial charge in [-0.05, 0) is 43.7 Å². The van der Waals surface area contributed by atoms with E-state index in [4.69, 9.17) is 20.8 Å². The van der Waals surface area contributed by atoms with E-state index in [2.05, 4.69) is 10.2 Å². The SMILES string of the molecule is Cc1ccc(-c2nnc([C@@H](C)OCc3ccc(Cl)cc3)o2)cc1. The molecule has 0 amide bonds. The summed E-state index contributed by atoms with van der Waals surface area (Å²) >= 11 is 5.87. The monoisotopic (exact) mass is 328 g/mol. The van der Waals surface area contributed by atoms with Crippen LogP contribution < -0.4 is 0 Å². The first kappa shape index (κ1) is 15.7. The standard InChI is InChI=1S/C18H17ClN2O2/c1-12-3-7-15(8-4-12)18-21-20-17(23-18)13(2)22-11-14-5-9-16(19)10-6-14/h3-10,13H,11H2,1-2H3/t13-/m1/s1. The van der Waals surface area contributed by atoms with Crippen molar-refractivity contribution in [3.05, 3.63) is 70.6 Å². The van der Waals surface area contributed by atoms with Gasteiger partial charge in [-0.15, -0.1) is 10.2 Å². The first-order valence-corrected chi connectivity index (χ1v) is 7.76. The zero-order valence-electron chi connectivity index (χ0n) is 13.0. The predicted molar refractivity (Wildman–Crippen MR) is 89.1 cm³/mol. The van der Waals surface area contributed by atoms with Crippen molar-refractivity contribution in [3.63, 3.8) is 0 Å². The molecule has 0 aliphatic rings. The van der Waals surface area contributed by atoms with Crippen LogP contribution in [0.5, 0.6) is 0 Å². The highest BCUT2D eigenvalue weighted by molar-refractivity contribution is 6.30. The number of halogens is 1. The Labute approximate surface area is 140 Å². The van der Waals surface area contributed by atoms with Gasteiger partial charge in [0.1, 0.15) is 6.10 Å². The van der Waals surface area contributed by atoms with Crippen LogP contribution in [0.1, 0.15) is 30.0 Å². The van der Waals surface area contributed by atoms with E-state index in [0.717, 1.165) is 11.1 Å². The fraction of sp³-hybridized carbons (Fsp3) is 0.222. The van der Waals surface area contributed by atoms with Crippen molar-refractivity contribution in [2.24, 2.45) is 0 Å². The summed E-state index contributed by atoms with van der Waals surface area (Å²) in [5.41, 5.74) is 3.13. The highest BCUT2D eigenvalue weighted by atomic mass is 35.5. The van der Waals surface area contributed by atoms with Crippen LogP contribution in [0.2, 0.25) is 5.02 Å². The molecule has 0 spiro atoms. The van der Waals surface area contributed by atoms with Crippen LogP contribution in [0, 0.1) is 6.92 Å². The Bertz CT molecular complexity index is 766. The van der Waals surface area contributed by atoms with Crippen LogP contribution in [0.4, 0.5) is 0 Å². The minimum Gasteiger partial charge on any atom is -0.418 e. The van der Waals surface area contributed by atoms with Crippen molar-refractivity contribution in [2.45, 2.75) is 26.6 Å². The normalized spacial score (nSPS) is 12.3. The molecule has 0 aliphatic heterocycles. The molecule has 1 heterocycles. The smallest absolute Gasteiger partial charge is 0.247 e. The van der Waals surface area contributed by atoms with Crippen LogP contribution >= 0.6 is 11.6 Å². The van der Waals surface area contributed by atoms with E-state index in [1.807, 2.05) is 62.4 Å². The molecule has 0 radical (unpaired) electrons. The molecular weight excluding hydrogens is 312 g/mol. The Kier molecular flexibility index (Phi) is 4.74. The predicted octanol–water partition coefficient (Wildman–Crippen LogP) is 4.98. The third kappa shape index (κ3) is 3.97. The van der Waals surface area contributed by atoms with Gasteiger partial charge in [0, 0.05) is 10.6 Å². The summed E-state index contributed by atoms with van der Waals surface area (Å²) in [6, 6.07) is 15.5. The summed E-state index contributed by atoms with van der Waals surface area (Å²) in [6.45, 7) is 4.39. The molecule has 2 aromatic carbocycles. The van der Waals surface area contributed by atoms with Gasteiger partial charge < -0.3 is 9.15 Å². The number of hydrogen-bond acceptors (Lipinski definition) is 4. The molecule has 3 rings (SSSR count). The second-order valence-electron chi connectivity index (χ2n) is 5.39. The zero-order chi connectivity index (χ0) is 16.2.